The molecule has 0 aromatic carbocycles. The van der Waals surface area contributed by atoms with Crippen molar-refractivity contribution in [2.24, 2.45) is 17.8 Å². The highest BCUT2D eigenvalue weighted by atomic mass is 32.2. The summed E-state index contributed by atoms with van der Waals surface area (Å²) >= 11 is 0. The van der Waals surface area contributed by atoms with E-state index in [0.717, 1.165) is 19.3 Å². The normalized spacial score (nSPS) is 33.1. The van der Waals surface area contributed by atoms with Gasteiger partial charge in [-0.2, -0.15) is 0 Å². The van der Waals surface area contributed by atoms with Gasteiger partial charge in [-0.25, -0.2) is 8.42 Å². The number of amides is 1. The van der Waals surface area contributed by atoms with E-state index in [1.54, 1.807) is 0 Å². The van der Waals surface area contributed by atoms with E-state index in [2.05, 4.69) is 16.9 Å². The molecule has 2 fully saturated rings. The summed E-state index contributed by atoms with van der Waals surface area (Å²) in [7, 11) is -3.65. The number of carbonyl (C=O) groups excluding carboxylic acids is 2. The van der Waals surface area contributed by atoms with Crippen molar-refractivity contribution < 1.29 is 18.0 Å². The van der Waals surface area contributed by atoms with Gasteiger partial charge in [-0.15, -0.1) is 0 Å². The molecule has 4 rings (SSSR count). The molecular weight excluding hydrogens is 290 g/mol. The Labute approximate surface area is 125 Å². The first-order chi connectivity index (χ1) is 9.95. The number of carbonyl (C=O) groups is 2. The summed E-state index contributed by atoms with van der Waals surface area (Å²) in [5.74, 6) is 0.140. The Balaban J connectivity index is 1.64. The molecule has 4 aliphatic carbocycles. The third-order valence-electron chi connectivity index (χ3n) is 5.08. The minimum Gasteiger partial charge on any atom is -0.300 e. The molecule has 4 aliphatic rings. The fraction of sp³-hybridized carbons (Fsp3) is 0.733. The fourth-order valence-corrected chi connectivity index (χ4v) is 5.21. The van der Waals surface area contributed by atoms with E-state index < -0.39 is 15.3 Å². The number of hydrogen-bond acceptors (Lipinski definition) is 4. The van der Waals surface area contributed by atoms with Crippen molar-refractivity contribution in [1.82, 2.24) is 4.72 Å². The van der Waals surface area contributed by atoms with E-state index >= 15 is 0 Å². The molecule has 2 saturated carbocycles. The van der Waals surface area contributed by atoms with Gasteiger partial charge in [-0.3, -0.25) is 14.3 Å². The van der Waals surface area contributed by atoms with Gasteiger partial charge in [0.25, 0.3) is 0 Å². The van der Waals surface area contributed by atoms with Gasteiger partial charge in [-0.1, -0.05) is 12.2 Å². The Bertz CT molecular complexity index is 570. The molecule has 0 radical (unpaired) electrons. The first-order valence-electron chi connectivity index (χ1n) is 7.71. The SMILES string of the molecule is O=C1CCC(S(=O)(=O)NC(=O)[C@@H]2C[C@@H]3C=C[C@H]2CC3)CC1. The summed E-state index contributed by atoms with van der Waals surface area (Å²) in [5.41, 5.74) is 0. The Morgan fingerprint density at radius 2 is 1.81 bits per heavy atom. The largest absolute Gasteiger partial charge is 0.300 e. The van der Waals surface area contributed by atoms with Crippen LogP contribution in [0.3, 0.4) is 0 Å². The summed E-state index contributed by atoms with van der Waals surface area (Å²) in [6.07, 6.45) is 8.31. The highest BCUT2D eigenvalue weighted by molar-refractivity contribution is 7.90. The molecule has 0 aromatic rings. The molecular formula is C15H21NO4S. The molecule has 3 atom stereocenters. The van der Waals surface area contributed by atoms with Gasteiger partial charge >= 0.3 is 0 Å². The predicted octanol–water partition coefficient (Wildman–Crippen LogP) is 1.55. The second kappa shape index (κ2) is 5.55. The molecule has 0 heterocycles. The van der Waals surface area contributed by atoms with Crippen molar-refractivity contribution in [1.29, 1.82) is 0 Å². The number of hydrogen-bond donors (Lipinski definition) is 1. The van der Waals surface area contributed by atoms with Gasteiger partial charge in [0.1, 0.15) is 5.78 Å². The second-order valence-electron chi connectivity index (χ2n) is 6.48. The van der Waals surface area contributed by atoms with E-state index in [-0.39, 0.29) is 23.5 Å². The van der Waals surface area contributed by atoms with Crippen LogP contribution in [0, 0.1) is 17.8 Å². The van der Waals surface area contributed by atoms with Gasteiger partial charge in [-0.05, 0) is 43.9 Å². The first kappa shape index (κ1) is 14.8. The maximum atomic E-state index is 12.3. The quantitative estimate of drug-likeness (QED) is 0.802. The molecule has 5 nitrogen and oxygen atoms in total. The number of fused-ring (bicyclic) bond motifs is 2. The lowest BCUT2D eigenvalue weighted by molar-refractivity contribution is -0.126. The summed E-state index contributed by atoms with van der Waals surface area (Å²) in [6.45, 7) is 0. The third-order valence-corrected chi connectivity index (χ3v) is 6.92. The Hall–Kier alpha value is -1.17. The zero-order chi connectivity index (χ0) is 15.0. The Morgan fingerprint density at radius 3 is 2.33 bits per heavy atom. The average Bonchev–Trinajstić information content (AvgIpc) is 2.48. The average molecular weight is 311 g/mol. The van der Waals surface area contributed by atoms with Crippen LogP contribution in [0.15, 0.2) is 12.2 Å². The summed E-state index contributed by atoms with van der Waals surface area (Å²) in [5, 5.41) is -0.601. The molecule has 116 valence electrons. The highest BCUT2D eigenvalue weighted by Gasteiger charge is 2.39. The molecule has 21 heavy (non-hydrogen) atoms. The summed E-state index contributed by atoms with van der Waals surface area (Å²) in [6, 6.07) is 0. The van der Waals surface area contributed by atoms with Crippen LogP contribution < -0.4 is 4.72 Å². The lowest BCUT2D eigenvalue weighted by Crippen LogP contribution is -2.46. The summed E-state index contributed by atoms with van der Waals surface area (Å²) in [4.78, 5) is 23.5. The number of allylic oxidation sites excluding steroid dienone is 2. The first-order valence-corrected chi connectivity index (χ1v) is 9.26. The van der Waals surface area contributed by atoms with Crippen LogP contribution in [0.4, 0.5) is 0 Å². The van der Waals surface area contributed by atoms with Gasteiger partial charge in [0.2, 0.25) is 15.9 Å². The maximum absolute atomic E-state index is 12.3. The zero-order valence-corrected chi connectivity index (χ0v) is 12.8. The van der Waals surface area contributed by atoms with Crippen LogP contribution in [0.5, 0.6) is 0 Å². The lowest BCUT2D eigenvalue weighted by Gasteiger charge is -2.37. The van der Waals surface area contributed by atoms with Crippen LogP contribution in [0.25, 0.3) is 0 Å². The van der Waals surface area contributed by atoms with Gasteiger partial charge < -0.3 is 0 Å². The highest BCUT2D eigenvalue weighted by Crippen LogP contribution is 2.40. The van der Waals surface area contributed by atoms with Gasteiger partial charge in [0, 0.05) is 18.8 Å². The minimum atomic E-state index is -3.65. The van der Waals surface area contributed by atoms with Gasteiger partial charge in [0.15, 0.2) is 0 Å². The smallest absolute Gasteiger partial charge is 0.237 e. The minimum absolute atomic E-state index is 0.113. The van der Waals surface area contributed by atoms with E-state index in [4.69, 9.17) is 0 Å². The Morgan fingerprint density at radius 1 is 1.10 bits per heavy atom. The van der Waals surface area contributed by atoms with Crippen molar-refractivity contribution in [3.05, 3.63) is 12.2 Å². The predicted molar refractivity (Wildman–Crippen MR) is 77.8 cm³/mol. The molecule has 0 aliphatic heterocycles. The molecule has 6 heteroatoms. The Kier molecular flexibility index (Phi) is 3.90. The topological polar surface area (TPSA) is 80.3 Å². The van der Waals surface area contributed by atoms with Crippen LogP contribution in [0.2, 0.25) is 0 Å². The number of sulfonamides is 1. The zero-order valence-electron chi connectivity index (χ0n) is 12.0. The lowest BCUT2D eigenvalue weighted by atomic mass is 9.69. The van der Waals surface area contributed by atoms with Crippen LogP contribution in [0.1, 0.15) is 44.9 Å². The molecule has 1 amide bonds. The van der Waals surface area contributed by atoms with E-state index in [1.165, 1.54) is 0 Å². The van der Waals surface area contributed by atoms with Crippen molar-refractivity contribution in [2.45, 2.75) is 50.2 Å². The molecule has 2 bridgehead atoms. The molecule has 0 aromatic heterocycles. The fourth-order valence-electron chi connectivity index (χ4n) is 3.76. The van der Waals surface area contributed by atoms with E-state index in [1.807, 2.05) is 0 Å². The second-order valence-corrected chi connectivity index (χ2v) is 8.44. The summed E-state index contributed by atoms with van der Waals surface area (Å²) < 4.78 is 26.9. The van der Waals surface area contributed by atoms with Crippen LogP contribution >= 0.6 is 0 Å². The van der Waals surface area contributed by atoms with Crippen molar-refractivity contribution in [3.63, 3.8) is 0 Å². The standard InChI is InChI=1S/C15H21NO4S/c17-12-5-7-13(8-6-12)21(19,20)16-15(18)14-9-10-1-3-11(14)4-2-10/h1,3,10-11,13-14H,2,4-9H2,(H,16,18)/t10-,11+,14-/m1/s1. The molecule has 0 unspecified atom stereocenters. The molecule has 1 N–H and O–H groups in total. The van der Waals surface area contributed by atoms with Gasteiger partial charge in [0.05, 0.1) is 5.25 Å². The van der Waals surface area contributed by atoms with Crippen molar-refractivity contribution in [3.8, 4) is 0 Å². The van der Waals surface area contributed by atoms with E-state index in [0.29, 0.717) is 31.6 Å². The van der Waals surface area contributed by atoms with Crippen LogP contribution in [-0.4, -0.2) is 25.4 Å². The maximum Gasteiger partial charge on any atom is 0.237 e. The van der Waals surface area contributed by atoms with Crippen LogP contribution in [-0.2, 0) is 19.6 Å². The third kappa shape index (κ3) is 3.05. The number of rotatable bonds is 3. The number of ketones is 1. The number of nitrogens with one attached hydrogen (secondary N) is 1. The van der Waals surface area contributed by atoms with E-state index in [9.17, 15) is 18.0 Å². The number of Topliss-reactive ketones (excluding diaryl/α,β-unsaturated/α-hetero) is 1. The van der Waals surface area contributed by atoms with Crippen molar-refractivity contribution in [2.75, 3.05) is 0 Å². The molecule has 0 saturated heterocycles. The monoisotopic (exact) mass is 311 g/mol. The van der Waals surface area contributed by atoms with Crippen molar-refractivity contribution >= 4 is 21.7 Å². The molecule has 0 spiro atoms.